The van der Waals surface area contributed by atoms with Crippen molar-refractivity contribution in [1.82, 2.24) is 4.98 Å². The lowest BCUT2D eigenvalue weighted by atomic mass is 10.1. The van der Waals surface area contributed by atoms with Crippen LogP contribution in [0.5, 0.6) is 0 Å². The van der Waals surface area contributed by atoms with E-state index in [9.17, 15) is 14.7 Å². The van der Waals surface area contributed by atoms with Crippen molar-refractivity contribution in [3.8, 4) is 0 Å². The van der Waals surface area contributed by atoms with E-state index < -0.39 is 34.4 Å². The van der Waals surface area contributed by atoms with Crippen molar-refractivity contribution in [2.45, 2.75) is 78.5 Å². The minimum absolute atomic E-state index is 0.100. The molecule has 0 bridgehead atoms. The Hall–Kier alpha value is -1.75. The molecule has 0 fully saturated rings. The zero-order valence-electron chi connectivity index (χ0n) is 17.8. The lowest BCUT2D eigenvalue weighted by Crippen LogP contribution is -2.44. The number of hydrogen-bond acceptors (Lipinski definition) is 9. The molecule has 0 aliphatic carbocycles. The van der Waals surface area contributed by atoms with Crippen LogP contribution in [0.4, 0.5) is 9.93 Å². The number of aliphatic hydroxyl groups is 1. The number of hydrogen-bond donors (Lipinski definition) is 2. The van der Waals surface area contributed by atoms with E-state index in [1.807, 2.05) is 0 Å². The second kappa shape index (κ2) is 9.38. The van der Waals surface area contributed by atoms with Crippen LogP contribution in [0, 0.1) is 0 Å². The highest BCUT2D eigenvalue weighted by molar-refractivity contribution is 7.14. The smallest absolute Gasteiger partial charge is 0.413 e. The van der Waals surface area contributed by atoms with Gasteiger partial charge in [-0.15, -0.1) is 11.3 Å². The zero-order valence-corrected chi connectivity index (χ0v) is 19.4. The number of nitrogens with one attached hydrogen (secondary N) is 1. The summed E-state index contributed by atoms with van der Waals surface area (Å²) in [5.74, 6) is 0. The van der Waals surface area contributed by atoms with Gasteiger partial charge in [-0.05, 0) is 67.0 Å². The Morgan fingerprint density at radius 1 is 1.17 bits per heavy atom. The molecule has 0 aliphatic heterocycles. The summed E-state index contributed by atoms with van der Waals surface area (Å²) < 4.78 is 10.6. The number of oxime groups is 1. The molecule has 11 heteroatoms. The summed E-state index contributed by atoms with van der Waals surface area (Å²) >= 11 is 6.66. The fourth-order valence-electron chi connectivity index (χ4n) is 1.70. The highest BCUT2D eigenvalue weighted by Gasteiger charge is 2.35. The number of halogens is 1. The highest BCUT2D eigenvalue weighted by atomic mass is 35.5. The number of anilines is 1. The van der Waals surface area contributed by atoms with Crippen LogP contribution in [0.2, 0.25) is 0 Å². The van der Waals surface area contributed by atoms with Gasteiger partial charge < -0.3 is 19.4 Å². The minimum Gasteiger partial charge on any atom is -0.444 e. The molecule has 0 aliphatic rings. The fraction of sp³-hybridized carbons (Fsp3) is 0.667. The Bertz CT molecular complexity index is 764. The molecule has 0 spiro atoms. The van der Waals surface area contributed by atoms with Gasteiger partial charge in [-0.3, -0.25) is 10.1 Å². The maximum Gasteiger partial charge on any atom is 0.413 e. The molecule has 1 unspecified atom stereocenters. The lowest BCUT2D eigenvalue weighted by molar-refractivity contribution is -0.253. The van der Waals surface area contributed by atoms with Crippen LogP contribution in [0.25, 0.3) is 0 Å². The normalized spacial score (nSPS) is 14.3. The molecule has 1 aromatic rings. The van der Waals surface area contributed by atoms with Crippen molar-refractivity contribution in [3.63, 3.8) is 0 Å². The van der Waals surface area contributed by atoms with Gasteiger partial charge in [-0.2, -0.15) is 0 Å². The average molecular weight is 450 g/mol. The number of aromatic nitrogens is 1. The van der Waals surface area contributed by atoms with E-state index in [4.69, 9.17) is 25.9 Å². The van der Waals surface area contributed by atoms with Crippen LogP contribution in [-0.4, -0.2) is 50.2 Å². The van der Waals surface area contributed by atoms with E-state index in [0.29, 0.717) is 0 Å². The second-order valence-corrected chi connectivity index (χ2v) is 9.86. The fourth-order valence-corrected chi connectivity index (χ4v) is 2.51. The molecule has 1 heterocycles. The van der Waals surface area contributed by atoms with Crippen LogP contribution in [0.15, 0.2) is 10.5 Å². The molecular formula is C18H28ClN3O6S. The molecule has 1 amide bonds. The maximum atomic E-state index is 11.8. The number of aliphatic hydroxyl groups excluding tert-OH is 1. The number of amides is 1. The molecule has 1 rings (SSSR count). The number of ether oxygens (including phenoxy) is 2. The molecule has 0 aromatic carbocycles. The lowest BCUT2D eigenvalue weighted by Gasteiger charge is -2.33. The van der Waals surface area contributed by atoms with Gasteiger partial charge in [0.25, 0.3) is 5.24 Å². The van der Waals surface area contributed by atoms with Crippen LogP contribution < -0.4 is 5.32 Å². The first kappa shape index (κ1) is 25.3. The number of thiazole rings is 1. The van der Waals surface area contributed by atoms with E-state index >= 15 is 0 Å². The molecule has 2 N–H and O–H groups in total. The predicted molar refractivity (Wildman–Crippen MR) is 111 cm³/mol. The first-order chi connectivity index (χ1) is 13.0. The van der Waals surface area contributed by atoms with E-state index in [1.54, 1.807) is 55.4 Å². The first-order valence-electron chi connectivity index (χ1n) is 8.78. The topological polar surface area (TPSA) is 119 Å². The van der Waals surface area contributed by atoms with Crippen molar-refractivity contribution in [1.29, 1.82) is 0 Å². The van der Waals surface area contributed by atoms with Gasteiger partial charge in [0.2, 0.25) is 0 Å². The molecule has 0 saturated carbocycles. The summed E-state index contributed by atoms with van der Waals surface area (Å²) in [5.41, 5.74) is -2.75. The Morgan fingerprint density at radius 3 is 2.24 bits per heavy atom. The van der Waals surface area contributed by atoms with Crippen LogP contribution in [0.1, 0.15) is 61.1 Å². The number of carbonyl (C=O) groups is 2. The Labute approximate surface area is 179 Å². The predicted octanol–water partition coefficient (Wildman–Crippen LogP) is 3.89. The number of nitrogens with zero attached hydrogens (tertiary/aromatic N) is 2. The summed E-state index contributed by atoms with van der Waals surface area (Å²) in [6.45, 7) is 13.6. The first-order valence-corrected chi connectivity index (χ1v) is 10.0. The van der Waals surface area contributed by atoms with E-state index in [0.717, 1.165) is 11.3 Å². The minimum atomic E-state index is -1.32. The Balaban J connectivity index is 2.94. The third-order valence-corrected chi connectivity index (χ3v) is 3.91. The van der Waals surface area contributed by atoms with E-state index in [2.05, 4.69) is 15.5 Å². The van der Waals surface area contributed by atoms with Crippen LogP contribution in [0.3, 0.4) is 0 Å². The van der Waals surface area contributed by atoms with Crippen molar-refractivity contribution < 1.29 is 29.0 Å². The Morgan fingerprint density at radius 2 is 1.76 bits per heavy atom. The summed E-state index contributed by atoms with van der Waals surface area (Å²) in [5, 5.41) is 17.2. The molecule has 1 atom stereocenters. The van der Waals surface area contributed by atoms with Crippen molar-refractivity contribution >= 4 is 45.1 Å². The van der Waals surface area contributed by atoms with Gasteiger partial charge >= 0.3 is 6.09 Å². The summed E-state index contributed by atoms with van der Waals surface area (Å²) in [6, 6.07) is 0. The van der Waals surface area contributed by atoms with Gasteiger partial charge in [0.1, 0.15) is 11.3 Å². The molecule has 9 nitrogen and oxygen atoms in total. The summed E-state index contributed by atoms with van der Waals surface area (Å²) in [6.07, 6.45) is -2.01. The van der Waals surface area contributed by atoms with Gasteiger partial charge in [0.15, 0.2) is 22.7 Å². The number of rotatable bonds is 7. The molecule has 0 radical (unpaired) electrons. The monoisotopic (exact) mass is 449 g/mol. The third kappa shape index (κ3) is 9.07. The summed E-state index contributed by atoms with van der Waals surface area (Å²) in [7, 11) is 0. The van der Waals surface area contributed by atoms with Crippen LogP contribution >= 0.6 is 22.9 Å². The van der Waals surface area contributed by atoms with E-state index in [-0.39, 0.29) is 16.5 Å². The molecule has 164 valence electrons. The van der Waals surface area contributed by atoms with Crippen LogP contribution in [-0.2, 0) is 19.1 Å². The average Bonchev–Trinajstić information content (AvgIpc) is 2.91. The van der Waals surface area contributed by atoms with Crippen molar-refractivity contribution in [2.75, 3.05) is 5.32 Å². The number of carbonyl (C=O) groups excluding carboxylic acids is 2. The molecule has 0 saturated heterocycles. The second-order valence-electron chi connectivity index (χ2n) is 8.66. The van der Waals surface area contributed by atoms with E-state index in [1.165, 1.54) is 5.38 Å². The highest BCUT2D eigenvalue weighted by Crippen LogP contribution is 2.23. The van der Waals surface area contributed by atoms with Gasteiger partial charge in [-0.25, -0.2) is 9.78 Å². The molecule has 29 heavy (non-hydrogen) atoms. The summed E-state index contributed by atoms with van der Waals surface area (Å²) in [4.78, 5) is 33.1. The standard InChI is InChI=1S/C18H28ClN3O6S/c1-16(2,3)26-13(24)18(7,8)28-22-11(12(19)23)10-9-29-14(20-10)21-15(25)27-17(4,5)6/h9,13,24H,1-8H3,(H,20,21,25)/b22-11-. The largest absolute Gasteiger partial charge is 0.444 e. The molecular weight excluding hydrogens is 422 g/mol. The van der Waals surface area contributed by atoms with Gasteiger partial charge in [-0.1, -0.05) is 5.16 Å². The van der Waals surface area contributed by atoms with Crippen molar-refractivity contribution in [2.24, 2.45) is 5.16 Å². The quantitative estimate of drug-likeness (QED) is 0.280. The Kier molecular flexibility index (Phi) is 8.18. The third-order valence-electron chi connectivity index (χ3n) is 2.97. The van der Waals surface area contributed by atoms with Gasteiger partial charge in [0, 0.05) is 5.38 Å². The van der Waals surface area contributed by atoms with Gasteiger partial charge in [0.05, 0.1) is 5.60 Å². The molecule has 1 aromatic heterocycles. The SMILES string of the molecule is CC(C)(C)OC(=O)Nc1nc(/C(=N/OC(C)(C)C(O)OC(C)(C)C)C(=O)Cl)cs1. The zero-order chi connectivity index (χ0) is 22.6. The van der Waals surface area contributed by atoms with Crippen molar-refractivity contribution in [3.05, 3.63) is 11.1 Å². The maximum absolute atomic E-state index is 11.8.